The number of rotatable bonds is 9. The van der Waals surface area contributed by atoms with Crippen molar-refractivity contribution in [3.8, 4) is 24.1 Å². The molecule has 2 aliphatic carbocycles. The van der Waals surface area contributed by atoms with Crippen molar-refractivity contribution in [1.29, 1.82) is 0 Å². The largest absolute Gasteiger partial charge is 0.588 e. The zero-order valence-corrected chi connectivity index (χ0v) is 27.8. The van der Waals surface area contributed by atoms with Gasteiger partial charge in [0.1, 0.15) is 28.6 Å². The first-order valence-electron chi connectivity index (χ1n) is 16.7. The van der Waals surface area contributed by atoms with Crippen molar-refractivity contribution in [2.24, 2.45) is 16.7 Å². The number of ether oxygens (including phenoxy) is 1. The van der Waals surface area contributed by atoms with Gasteiger partial charge in [0.25, 0.3) is 0 Å². The van der Waals surface area contributed by atoms with Gasteiger partial charge in [-0.2, -0.15) is 14.3 Å². The molecule has 0 radical (unpaired) electrons. The summed E-state index contributed by atoms with van der Waals surface area (Å²) in [6.45, 7) is 5.69. The summed E-state index contributed by atoms with van der Waals surface area (Å²) in [5.41, 5.74) is 2.15. The monoisotopic (exact) mass is 656 g/mol. The Morgan fingerprint density at radius 1 is 1.17 bits per heavy atom. The van der Waals surface area contributed by atoms with Crippen molar-refractivity contribution in [2.75, 3.05) is 64.9 Å². The molecule has 1 spiro atoms. The molecule has 246 valence electrons. The molecule has 2 saturated carbocycles. The van der Waals surface area contributed by atoms with Gasteiger partial charge in [-0.25, -0.2) is 4.39 Å². The number of terminal acetylenes is 1. The molecule has 2 aromatic carbocycles. The van der Waals surface area contributed by atoms with Crippen molar-refractivity contribution >= 4 is 39.7 Å². The van der Waals surface area contributed by atoms with Crippen molar-refractivity contribution in [3.05, 3.63) is 46.9 Å². The molecule has 2 N–H and O–H groups in total. The zero-order chi connectivity index (χ0) is 32.5. The molecule has 1 atom stereocenters. The van der Waals surface area contributed by atoms with Crippen LogP contribution in [0.2, 0.25) is 0 Å². The minimum absolute atomic E-state index is 0.0154. The average Bonchev–Trinajstić information content (AvgIpc) is 3.98. The number of phenols is 1. The Hall–Kier alpha value is -3.56. The Labute approximate surface area is 278 Å². The van der Waals surface area contributed by atoms with E-state index in [0.29, 0.717) is 62.9 Å². The molecule has 11 heteroatoms. The molecule has 4 fully saturated rings. The Morgan fingerprint density at radius 2 is 1.94 bits per heavy atom. The second-order valence-corrected chi connectivity index (χ2v) is 15.9. The molecule has 8 rings (SSSR count). The van der Waals surface area contributed by atoms with Crippen LogP contribution in [0, 0.1) is 34.9 Å². The maximum absolute atomic E-state index is 15.1. The third kappa shape index (κ3) is 5.69. The van der Waals surface area contributed by atoms with Crippen LogP contribution in [0.5, 0.6) is 11.8 Å². The fourth-order valence-electron chi connectivity index (χ4n) is 7.50. The number of nitrogens with zero attached hydrogens (tertiary/aromatic N) is 5. The number of piperidine rings is 1. The molecule has 47 heavy (non-hydrogen) atoms. The molecule has 0 bridgehead atoms. The molecule has 1 aromatic heterocycles. The molecular formula is C36H41FN6O3S. The lowest BCUT2D eigenvalue weighted by atomic mass is 9.73. The van der Waals surface area contributed by atoms with Crippen LogP contribution < -0.4 is 15.0 Å². The Kier molecular flexibility index (Phi) is 7.56. The van der Waals surface area contributed by atoms with Gasteiger partial charge in [-0.1, -0.05) is 12.0 Å². The standard InChI is InChI=1S/C36H41FN6O3S/c1-4-26-28(37)8-7-24-15-25(44)16-27(31(24)26)30-17-29-32(47(45)43(30)18-23-5-6-23)33(42-13-11-35(12-14-42)19-38-20-35)40-34(39-29)46-22-36(9-10-36)21-41(2)3/h1,7-8,15-17,23,38,44H,5-6,9-14,18-22H2,2-3H3. The number of phenolic OH excluding ortho intramolecular Hbond substituents is 1. The van der Waals surface area contributed by atoms with Crippen LogP contribution in [-0.2, 0) is 11.4 Å². The fourth-order valence-corrected chi connectivity index (χ4v) is 9.01. The maximum Gasteiger partial charge on any atom is 0.319 e. The van der Waals surface area contributed by atoms with E-state index in [-0.39, 0.29) is 22.7 Å². The topological polar surface area (TPSA) is 100 Å². The maximum atomic E-state index is 15.1. The third-order valence-corrected chi connectivity index (χ3v) is 12.1. The summed E-state index contributed by atoms with van der Waals surface area (Å²) in [5, 5.41) is 15.4. The van der Waals surface area contributed by atoms with Gasteiger partial charge < -0.3 is 29.5 Å². The number of anilines is 1. The highest BCUT2D eigenvalue weighted by Gasteiger charge is 2.46. The minimum Gasteiger partial charge on any atom is -0.588 e. The van der Waals surface area contributed by atoms with E-state index in [1.165, 1.54) is 6.07 Å². The highest BCUT2D eigenvalue weighted by molar-refractivity contribution is 7.89. The first-order valence-corrected chi connectivity index (χ1v) is 17.8. The lowest BCUT2D eigenvalue weighted by molar-refractivity contribution is 0.125. The van der Waals surface area contributed by atoms with Gasteiger partial charge in [-0.3, -0.25) is 0 Å². The van der Waals surface area contributed by atoms with Gasteiger partial charge >= 0.3 is 6.01 Å². The predicted molar refractivity (Wildman–Crippen MR) is 182 cm³/mol. The number of fused-ring (bicyclic) bond motifs is 2. The Morgan fingerprint density at radius 3 is 2.57 bits per heavy atom. The minimum atomic E-state index is -1.68. The second-order valence-electron chi connectivity index (χ2n) is 14.6. The van der Waals surface area contributed by atoms with Gasteiger partial charge in [0.15, 0.2) is 5.82 Å². The number of benzene rings is 2. The van der Waals surface area contributed by atoms with Crippen LogP contribution in [0.3, 0.4) is 0 Å². The summed E-state index contributed by atoms with van der Waals surface area (Å²) in [6.07, 6.45) is 14.1. The van der Waals surface area contributed by atoms with Gasteiger partial charge in [0, 0.05) is 49.1 Å². The summed E-state index contributed by atoms with van der Waals surface area (Å²) >= 11 is -1.68. The summed E-state index contributed by atoms with van der Waals surface area (Å²) in [5.74, 6) is 3.07. The second kappa shape index (κ2) is 11.5. The quantitative estimate of drug-likeness (QED) is 0.253. The van der Waals surface area contributed by atoms with E-state index >= 15 is 4.39 Å². The number of halogens is 1. The van der Waals surface area contributed by atoms with Crippen LogP contribution in [-0.4, -0.2) is 88.8 Å². The van der Waals surface area contributed by atoms with Crippen LogP contribution in [0.1, 0.15) is 55.3 Å². The number of aromatic nitrogens is 2. The van der Waals surface area contributed by atoms with Crippen molar-refractivity contribution in [3.63, 3.8) is 0 Å². The molecule has 9 nitrogen and oxygen atoms in total. The Balaban J connectivity index is 1.27. The Bertz CT molecular complexity index is 1800. The average molecular weight is 657 g/mol. The van der Waals surface area contributed by atoms with E-state index in [2.05, 4.69) is 35.1 Å². The van der Waals surface area contributed by atoms with Crippen LogP contribution in [0.15, 0.2) is 29.2 Å². The van der Waals surface area contributed by atoms with Crippen molar-refractivity contribution < 1.29 is 18.8 Å². The summed E-state index contributed by atoms with van der Waals surface area (Å²) in [6, 6.07) is 6.37. The molecule has 2 saturated heterocycles. The first-order chi connectivity index (χ1) is 22.7. The molecule has 3 aliphatic heterocycles. The predicted octanol–water partition coefficient (Wildman–Crippen LogP) is 4.61. The van der Waals surface area contributed by atoms with Gasteiger partial charge in [-0.05, 0) is 93.6 Å². The number of hydrogen-bond donors (Lipinski definition) is 2. The molecule has 0 amide bonds. The van der Waals surface area contributed by atoms with E-state index in [1.54, 1.807) is 18.2 Å². The zero-order valence-electron chi connectivity index (χ0n) is 27.0. The smallest absolute Gasteiger partial charge is 0.319 e. The number of nitrogens with one attached hydrogen (secondary N) is 1. The van der Waals surface area contributed by atoms with Gasteiger partial charge in [0.05, 0.1) is 24.4 Å². The number of hydrogen-bond acceptors (Lipinski definition) is 9. The van der Waals surface area contributed by atoms with Gasteiger partial charge in [0.2, 0.25) is 4.90 Å². The fraction of sp³-hybridized carbons (Fsp3) is 0.500. The highest BCUT2D eigenvalue weighted by Crippen LogP contribution is 2.48. The van der Waals surface area contributed by atoms with E-state index in [0.717, 1.165) is 71.2 Å². The van der Waals surface area contributed by atoms with E-state index in [9.17, 15) is 9.66 Å². The van der Waals surface area contributed by atoms with Crippen LogP contribution >= 0.6 is 0 Å². The SMILES string of the molecule is C#Cc1c(F)ccc2cc(O)cc(C3=Cc4nc(OCC5(CN(C)C)CC5)nc(N5CCC6(CC5)CNC6)c4[S+]([O-])N3CC3CC3)c12. The van der Waals surface area contributed by atoms with Crippen molar-refractivity contribution in [2.45, 2.75) is 43.4 Å². The summed E-state index contributed by atoms with van der Waals surface area (Å²) in [4.78, 5) is 14.9. The van der Waals surface area contributed by atoms with Gasteiger partial charge in [-0.15, -0.1) is 6.42 Å². The van der Waals surface area contributed by atoms with E-state index < -0.39 is 17.2 Å². The van der Waals surface area contributed by atoms with Crippen molar-refractivity contribution in [1.82, 2.24) is 24.5 Å². The van der Waals surface area contributed by atoms with Crippen LogP contribution in [0.25, 0.3) is 22.5 Å². The highest BCUT2D eigenvalue weighted by atomic mass is 32.2. The van der Waals surface area contributed by atoms with E-state index in [1.807, 2.05) is 10.4 Å². The lowest BCUT2D eigenvalue weighted by Crippen LogP contribution is -2.58. The summed E-state index contributed by atoms with van der Waals surface area (Å²) in [7, 11) is 4.15. The van der Waals surface area contributed by atoms with E-state index in [4.69, 9.17) is 21.1 Å². The van der Waals surface area contributed by atoms with Crippen LogP contribution in [0.4, 0.5) is 10.2 Å². The first kappa shape index (κ1) is 30.8. The normalized spacial score (nSPS) is 22.6. The molecule has 4 heterocycles. The molecule has 1 unspecified atom stereocenters. The molecule has 5 aliphatic rings. The number of aromatic hydroxyl groups is 1. The summed E-state index contributed by atoms with van der Waals surface area (Å²) < 4.78 is 38.3. The third-order valence-electron chi connectivity index (χ3n) is 10.6. The molecule has 3 aromatic rings. The lowest BCUT2D eigenvalue weighted by Gasteiger charge is -2.48. The molecular weight excluding hydrogens is 616 g/mol.